The van der Waals surface area contributed by atoms with Crippen molar-refractivity contribution in [3.63, 3.8) is 0 Å². The van der Waals surface area contributed by atoms with Gasteiger partial charge in [-0.3, -0.25) is 5.32 Å². The highest BCUT2D eigenvalue weighted by Gasteiger charge is 2.13. The van der Waals surface area contributed by atoms with Crippen molar-refractivity contribution in [2.75, 3.05) is 12.4 Å². The van der Waals surface area contributed by atoms with Crippen LogP contribution in [0.2, 0.25) is 0 Å². The Morgan fingerprint density at radius 1 is 1.13 bits per heavy atom. The fourth-order valence-electron chi connectivity index (χ4n) is 1.84. The van der Waals surface area contributed by atoms with Gasteiger partial charge >= 0.3 is 0 Å². The van der Waals surface area contributed by atoms with Gasteiger partial charge in [0.2, 0.25) is 5.95 Å². The lowest BCUT2D eigenvalue weighted by Crippen LogP contribution is -2.44. The Morgan fingerprint density at radius 2 is 1.78 bits per heavy atom. The molecular weight excluding hydrogens is 290 g/mol. The van der Waals surface area contributed by atoms with Crippen LogP contribution in [0.25, 0.3) is 0 Å². The number of ether oxygens (including phenoxy) is 1. The molecule has 0 saturated carbocycles. The smallest absolute Gasteiger partial charge is 0.229 e. The molecule has 2 N–H and O–H groups in total. The Balaban J connectivity index is 2.11. The lowest BCUT2D eigenvalue weighted by atomic mass is 10.1. The molecule has 23 heavy (non-hydrogen) atoms. The lowest BCUT2D eigenvalue weighted by molar-refractivity contribution is 0.414. The molecule has 2 rings (SSSR count). The molecule has 6 nitrogen and oxygen atoms in total. The number of guanidine groups is 1. The van der Waals surface area contributed by atoms with Gasteiger partial charge in [0.05, 0.1) is 13.7 Å². The monoisotopic (exact) mass is 313 g/mol. The van der Waals surface area contributed by atoms with E-state index in [9.17, 15) is 0 Å². The molecule has 0 amide bonds. The number of nitrogens with zero attached hydrogens (tertiary/aromatic N) is 3. The zero-order valence-corrected chi connectivity index (χ0v) is 14.0. The average molecular weight is 313 g/mol. The summed E-state index contributed by atoms with van der Waals surface area (Å²) in [4.78, 5) is 12.9. The van der Waals surface area contributed by atoms with Gasteiger partial charge in [0.1, 0.15) is 5.75 Å². The van der Waals surface area contributed by atoms with Crippen molar-refractivity contribution < 1.29 is 4.74 Å². The first-order valence-electron chi connectivity index (χ1n) is 7.46. The zero-order chi connectivity index (χ0) is 16.7. The number of nitrogens with one attached hydrogen (secondary N) is 2. The van der Waals surface area contributed by atoms with Crippen LogP contribution in [0.3, 0.4) is 0 Å². The second-order valence-corrected chi connectivity index (χ2v) is 6.09. The van der Waals surface area contributed by atoms with Gasteiger partial charge in [-0.15, -0.1) is 0 Å². The molecule has 1 aromatic heterocycles. The molecule has 122 valence electrons. The summed E-state index contributed by atoms with van der Waals surface area (Å²) in [5, 5.41) is 6.45. The van der Waals surface area contributed by atoms with E-state index in [2.05, 4.69) is 46.4 Å². The third-order valence-corrected chi connectivity index (χ3v) is 2.87. The van der Waals surface area contributed by atoms with E-state index in [0.29, 0.717) is 18.5 Å². The maximum absolute atomic E-state index is 5.16. The third kappa shape index (κ3) is 5.94. The van der Waals surface area contributed by atoms with E-state index < -0.39 is 0 Å². The first-order valence-corrected chi connectivity index (χ1v) is 7.46. The topological polar surface area (TPSA) is 71.4 Å². The highest BCUT2D eigenvalue weighted by molar-refractivity contribution is 5.92. The number of benzene rings is 1. The normalized spacial score (nSPS) is 11.9. The van der Waals surface area contributed by atoms with Crippen molar-refractivity contribution in [3.05, 3.63) is 48.3 Å². The summed E-state index contributed by atoms with van der Waals surface area (Å²) in [5.74, 6) is 1.99. The average Bonchev–Trinajstić information content (AvgIpc) is 2.53. The molecule has 0 saturated heterocycles. The van der Waals surface area contributed by atoms with Crippen LogP contribution in [0.5, 0.6) is 5.75 Å². The van der Waals surface area contributed by atoms with Crippen LogP contribution >= 0.6 is 0 Å². The van der Waals surface area contributed by atoms with Crippen molar-refractivity contribution in [3.8, 4) is 5.75 Å². The van der Waals surface area contributed by atoms with E-state index in [1.807, 2.05) is 24.3 Å². The van der Waals surface area contributed by atoms with Crippen molar-refractivity contribution in [1.82, 2.24) is 15.3 Å². The van der Waals surface area contributed by atoms with Gasteiger partial charge < -0.3 is 10.1 Å². The van der Waals surface area contributed by atoms with Crippen molar-refractivity contribution in [2.24, 2.45) is 4.99 Å². The number of hydrogen-bond acceptors (Lipinski definition) is 4. The maximum Gasteiger partial charge on any atom is 0.229 e. The number of aromatic nitrogens is 2. The molecule has 0 bridgehead atoms. The molecule has 0 radical (unpaired) electrons. The second-order valence-electron chi connectivity index (χ2n) is 6.09. The summed E-state index contributed by atoms with van der Waals surface area (Å²) in [6, 6.07) is 9.62. The standard InChI is InChI=1S/C17H23N5O/c1-17(2,3)22-16(21-15-18-10-5-11-19-15)20-12-13-6-8-14(23-4)9-7-13/h5-11H,12H2,1-4H3,(H2,18,19,20,21,22). The molecule has 1 heterocycles. The van der Waals surface area contributed by atoms with E-state index in [-0.39, 0.29) is 5.54 Å². The van der Waals surface area contributed by atoms with E-state index in [4.69, 9.17) is 4.74 Å². The molecule has 0 unspecified atom stereocenters. The maximum atomic E-state index is 5.16. The first kappa shape index (κ1) is 16.7. The molecule has 0 fully saturated rings. The molecular formula is C17H23N5O. The Kier molecular flexibility index (Phi) is 5.51. The predicted octanol–water partition coefficient (Wildman–Crippen LogP) is 2.84. The summed E-state index contributed by atoms with van der Waals surface area (Å²) < 4.78 is 5.16. The zero-order valence-electron chi connectivity index (χ0n) is 14.0. The van der Waals surface area contributed by atoms with Crippen molar-refractivity contribution in [2.45, 2.75) is 32.9 Å². The minimum Gasteiger partial charge on any atom is -0.497 e. The summed E-state index contributed by atoms with van der Waals surface area (Å²) >= 11 is 0. The summed E-state index contributed by atoms with van der Waals surface area (Å²) in [6.07, 6.45) is 3.38. The third-order valence-electron chi connectivity index (χ3n) is 2.87. The largest absolute Gasteiger partial charge is 0.497 e. The van der Waals surface area contributed by atoms with Crippen molar-refractivity contribution in [1.29, 1.82) is 0 Å². The number of hydrogen-bond donors (Lipinski definition) is 2. The Morgan fingerprint density at radius 3 is 2.35 bits per heavy atom. The van der Waals surface area contributed by atoms with Gasteiger partial charge in [0.15, 0.2) is 5.96 Å². The SMILES string of the molecule is COc1ccc(CN=C(Nc2ncccn2)NC(C)(C)C)cc1. The second kappa shape index (κ2) is 7.58. The van der Waals surface area contributed by atoms with E-state index >= 15 is 0 Å². The van der Waals surface area contributed by atoms with Crippen LogP contribution in [0.15, 0.2) is 47.7 Å². The van der Waals surface area contributed by atoms with Gasteiger partial charge in [-0.1, -0.05) is 12.1 Å². The predicted molar refractivity (Wildman–Crippen MR) is 92.7 cm³/mol. The molecule has 0 atom stereocenters. The van der Waals surface area contributed by atoms with Gasteiger partial charge in [-0.25, -0.2) is 15.0 Å². The highest BCUT2D eigenvalue weighted by atomic mass is 16.5. The van der Waals surface area contributed by atoms with Crippen LogP contribution in [0.1, 0.15) is 26.3 Å². The molecule has 0 aliphatic rings. The van der Waals surface area contributed by atoms with Crippen LogP contribution < -0.4 is 15.4 Å². The number of anilines is 1. The number of aliphatic imine (C=N–C) groups is 1. The summed E-state index contributed by atoms with van der Waals surface area (Å²) in [7, 11) is 1.66. The highest BCUT2D eigenvalue weighted by Crippen LogP contribution is 2.12. The van der Waals surface area contributed by atoms with Gasteiger partial charge in [-0.2, -0.15) is 0 Å². The molecule has 2 aromatic rings. The number of methoxy groups -OCH3 is 1. The van der Waals surface area contributed by atoms with Crippen LogP contribution in [-0.2, 0) is 6.54 Å². The molecule has 0 aliphatic heterocycles. The quantitative estimate of drug-likeness (QED) is 0.671. The molecule has 0 spiro atoms. The Labute approximate surface area is 137 Å². The molecule has 6 heteroatoms. The van der Waals surface area contributed by atoms with Gasteiger partial charge in [0.25, 0.3) is 0 Å². The Bertz CT molecular complexity index is 632. The molecule has 1 aromatic carbocycles. The van der Waals surface area contributed by atoms with Gasteiger partial charge in [-0.05, 0) is 44.5 Å². The van der Waals surface area contributed by atoms with E-state index in [0.717, 1.165) is 11.3 Å². The van der Waals surface area contributed by atoms with E-state index in [1.54, 1.807) is 25.6 Å². The lowest BCUT2D eigenvalue weighted by Gasteiger charge is -2.23. The van der Waals surface area contributed by atoms with Crippen LogP contribution in [0.4, 0.5) is 5.95 Å². The number of rotatable bonds is 4. The van der Waals surface area contributed by atoms with Crippen LogP contribution in [0, 0.1) is 0 Å². The van der Waals surface area contributed by atoms with Gasteiger partial charge in [0, 0.05) is 17.9 Å². The van der Waals surface area contributed by atoms with Crippen molar-refractivity contribution >= 4 is 11.9 Å². The first-order chi connectivity index (χ1) is 11.0. The van der Waals surface area contributed by atoms with Crippen LogP contribution in [-0.4, -0.2) is 28.6 Å². The molecule has 0 aliphatic carbocycles. The minimum atomic E-state index is -0.124. The summed E-state index contributed by atoms with van der Waals surface area (Å²) in [6.45, 7) is 6.76. The van der Waals surface area contributed by atoms with E-state index in [1.165, 1.54) is 0 Å². The fourth-order valence-corrected chi connectivity index (χ4v) is 1.84. The summed E-state index contributed by atoms with van der Waals surface area (Å²) in [5.41, 5.74) is 0.968. The minimum absolute atomic E-state index is 0.124. The fraction of sp³-hybridized carbons (Fsp3) is 0.353. The Hall–Kier alpha value is -2.63.